The van der Waals surface area contributed by atoms with Crippen LogP contribution in [0.4, 0.5) is 0 Å². The van der Waals surface area contributed by atoms with E-state index in [1.54, 1.807) is 24.3 Å². The first-order valence-corrected chi connectivity index (χ1v) is 8.34. The summed E-state index contributed by atoms with van der Waals surface area (Å²) in [5, 5.41) is 16.0. The summed E-state index contributed by atoms with van der Waals surface area (Å²) in [7, 11) is 0. The number of rotatable bonds is 6. The number of carbonyl (C=O) groups excluding carboxylic acids is 1. The number of nitrogens with one attached hydrogen (secondary N) is 1. The fraction of sp³-hybridized carbons (Fsp3) is 0.0909. The molecule has 0 aliphatic carbocycles. The van der Waals surface area contributed by atoms with Crippen LogP contribution < -0.4 is 10.2 Å². The number of hydrazone groups is 1. The van der Waals surface area contributed by atoms with E-state index in [1.165, 1.54) is 6.21 Å². The molecular weight excluding hydrogens is 340 g/mol. The monoisotopic (exact) mass is 358 g/mol. The van der Waals surface area contributed by atoms with Gasteiger partial charge in [-0.05, 0) is 22.4 Å². The Balaban J connectivity index is 1.82. The quantitative estimate of drug-likeness (QED) is 0.404. The number of amides is 1. The van der Waals surface area contributed by atoms with Gasteiger partial charge in [-0.3, -0.25) is 4.79 Å². The Morgan fingerprint density at radius 3 is 2.67 bits per heavy atom. The van der Waals surface area contributed by atoms with Crippen molar-refractivity contribution in [2.24, 2.45) is 5.10 Å². The van der Waals surface area contributed by atoms with Crippen molar-refractivity contribution in [3.05, 3.63) is 77.9 Å². The van der Waals surface area contributed by atoms with Crippen LogP contribution in [0, 0.1) is 12.3 Å². The Hall–Kier alpha value is -3.62. The molecule has 5 nitrogen and oxygen atoms in total. The van der Waals surface area contributed by atoms with E-state index < -0.39 is 12.0 Å². The molecule has 3 aromatic rings. The summed E-state index contributed by atoms with van der Waals surface area (Å²) in [4.78, 5) is 12.1. The fourth-order valence-corrected chi connectivity index (χ4v) is 2.66. The number of benzene rings is 3. The Morgan fingerprint density at radius 1 is 1.15 bits per heavy atom. The number of fused-ring (bicyclic) bond motifs is 1. The molecule has 1 atom stereocenters. The van der Waals surface area contributed by atoms with Crippen LogP contribution in [0.3, 0.4) is 0 Å². The van der Waals surface area contributed by atoms with E-state index in [0.717, 1.165) is 10.8 Å². The van der Waals surface area contributed by atoms with E-state index in [-0.39, 0.29) is 6.61 Å². The van der Waals surface area contributed by atoms with E-state index in [1.807, 2.05) is 42.5 Å². The van der Waals surface area contributed by atoms with Crippen LogP contribution in [0.5, 0.6) is 5.75 Å². The first-order chi connectivity index (χ1) is 13.2. The molecule has 5 heteroatoms. The Morgan fingerprint density at radius 2 is 1.89 bits per heavy atom. The summed E-state index contributed by atoms with van der Waals surface area (Å²) >= 11 is 0. The van der Waals surface area contributed by atoms with Crippen LogP contribution in [0.2, 0.25) is 0 Å². The number of hydrogen-bond donors (Lipinski definition) is 2. The predicted octanol–water partition coefficient (Wildman–Crippen LogP) is 3.04. The molecule has 0 aromatic heterocycles. The highest BCUT2D eigenvalue weighted by atomic mass is 16.5. The molecule has 0 saturated heterocycles. The molecule has 134 valence electrons. The lowest BCUT2D eigenvalue weighted by Gasteiger charge is -2.11. The smallest absolute Gasteiger partial charge is 0.273 e. The van der Waals surface area contributed by atoms with E-state index in [9.17, 15) is 9.90 Å². The average Bonchev–Trinajstić information content (AvgIpc) is 2.72. The molecule has 0 aliphatic heterocycles. The summed E-state index contributed by atoms with van der Waals surface area (Å²) in [5.41, 5.74) is 3.55. The lowest BCUT2D eigenvalue weighted by Crippen LogP contribution is -2.25. The third-order valence-corrected chi connectivity index (χ3v) is 3.97. The summed E-state index contributed by atoms with van der Waals surface area (Å²) in [6.45, 7) is 0.123. The van der Waals surface area contributed by atoms with Gasteiger partial charge in [-0.1, -0.05) is 66.6 Å². The second-order valence-corrected chi connectivity index (χ2v) is 5.74. The van der Waals surface area contributed by atoms with Gasteiger partial charge in [0.15, 0.2) is 6.10 Å². The minimum Gasteiger partial charge on any atom is -0.480 e. The highest BCUT2D eigenvalue weighted by molar-refractivity contribution is 6.02. The third-order valence-electron chi connectivity index (χ3n) is 3.97. The standard InChI is InChI=1S/C22H18N2O3/c1-2-14-27-20-13-12-16-8-6-7-11-18(16)19(20)15-23-24-22(26)21(25)17-9-4-3-5-10-17/h1,3-13,15,21,25H,14H2,(H,24,26)/b23-15+. The number of ether oxygens (including phenoxy) is 1. The number of aliphatic hydroxyl groups excluding tert-OH is 1. The van der Waals surface area contributed by atoms with E-state index >= 15 is 0 Å². The summed E-state index contributed by atoms with van der Waals surface area (Å²) in [5.74, 6) is 2.37. The highest BCUT2D eigenvalue weighted by Gasteiger charge is 2.16. The van der Waals surface area contributed by atoms with Crippen molar-refractivity contribution in [1.29, 1.82) is 0 Å². The maximum atomic E-state index is 12.1. The summed E-state index contributed by atoms with van der Waals surface area (Å²) in [6, 6.07) is 20.1. The van der Waals surface area contributed by atoms with E-state index in [0.29, 0.717) is 16.9 Å². The highest BCUT2D eigenvalue weighted by Crippen LogP contribution is 2.26. The molecule has 0 heterocycles. The van der Waals surface area contributed by atoms with Gasteiger partial charge < -0.3 is 9.84 Å². The number of carbonyl (C=O) groups is 1. The van der Waals surface area contributed by atoms with E-state index in [4.69, 9.17) is 11.2 Å². The Labute approximate surface area is 157 Å². The zero-order valence-electron chi connectivity index (χ0n) is 14.5. The first-order valence-electron chi connectivity index (χ1n) is 8.34. The average molecular weight is 358 g/mol. The van der Waals surface area contributed by atoms with Crippen LogP contribution >= 0.6 is 0 Å². The zero-order chi connectivity index (χ0) is 19.1. The van der Waals surface area contributed by atoms with Crippen molar-refractivity contribution in [2.45, 2.75) is 6.10 Å². The topological polar surface area (TPSA) is 70.9 Å². The van der Waals surface area contributed by atoms with Crippen molar-refractivity contribution < 1.29 is 14.6 Å². The van der Waals surface area contributed by atoms with Gasteiger partial charge >= 0.3 is 0 Å². The number of terminal acetylenes is 1. The second-order valence-electron chi connectivity index (χ2n) is 5.74. The lowest BCUT2D eigenvalue weighted by molar-refractivity contribution is -0.129. The molecular formula is C22H18N2O3. The van der Waals surface area contributed by atoms with Crippen LogP contribution in [0.15, 0.2) is 71.8 Å². The van der Waals surface area contributed by atoms with Crippen molar-refractivity contribution in [2.75, 3.05) is 6.61 Å². The molecule has 0 bridgehead atoms. The fourth-order valence-electron chi connectivity index (χ4n) is 2.66. The number of hydrogen-bond acceptors (Lipinski definition) is 4. The van der Waals surface area contributed by atoms with Gasteiger partial charge in [0, 0.05) is 5.56 Å². The molecule has 0 radical (unpaired) electrons. The lowest BCUT2D eigenvalue weighted by atomic mass is 10.0. The van der Waals surface area contributed by atoms with Gasteiger partial charge in [0.25, 0.3) is 5.91 Å². The van der Waals surface area contributed by atoms with Crippen LogP contribution in [-0.4, -0.2) is 23.8 Å². The van der Waals surface area contributed by atoms with Crippen LogP contribution in [-0.2, 0) is 4.79 Å². The minimum absolute atomic E-state index is 0.123. The Kier molecular flexibility index (Phi) is 5.83. The van der Waals surface area contributed by atoms with Crippen LogP contribution in [0.25, 0.3) is 10.8 Å². The SMILES string of the molecule is C#CCOc1ccc2ccccc2c1/C=N/NC(=O)C(O)c1ccccc1. The molecule has 0 aliphatic rings. The van der Waals surface area contributed by atoms with Crippen LogP contribution in [0.1, 0.15) is 17.2 Å². The largest absolute Gasteiger partial charge is 0.480 e. The van der Waals surface area contributed by atoms with Gasteiger partial charge in [0.2, 0.25) is 0 Å². The van der Waals surface area contributed by atoms with Crippen molar-refractivity contribution >= 4 is 22.9 Å². The normalized spacial score (nSPS) is 11.9. The molecule has 0 saturated carbocycles. The molecule has 1 amide bonds. The van der Waals surface area contributed by atoms with Crippen molar-refractivity contribution in [3.63, 3.8) is 0 Å². The second kappa shape index (κ2) is 8.65. The zero-order valence-corrected chi connectivity index (χ0v) is 14.5. The molecule has 1 unspecified atom stereocenters. The van der Waals surface area contributed by atoms with Crippen molar-refractivity contribution in [1.82, 2.24) is 5.43 Å². The number of nitrogens with zero attached hydrogens (tertiary/aromatic N) is 1. The Bertz CT molecular complexity index is 1010. The molecule has 0 spiro atoms. The molecule has 3 rings (SSSR count). The van der Waals surface area contributed by atoms with Crippen molar-refractivity contribution in [3.8, 4) is 18.1 Å². The van der Waals surface area contributed by atoms with Gasteiger partial charge in [-0.15, -0.1) is 6.42 Å². The molecule has 2 N–H and O–H groups in total. The maximum Gasteiger partial charge on any atom is 0.273 e. The summed E-state index contributed by atoms with van der Waals surface area (Å²) < 4.78 is 5.58. The van der Waals surface area contributed by atoms with Gasteiger partial charge in [0.1, 0.15) is 12.4 Å². The first kappa shape index (κ1) is 18.2. The van der Waals surface area contributed by atoms with Gasteiger partial charge in [-0.2, -0.15) is 5.10 Å². The number of aliphatic hydroxyl groups is 1. The van der Waals surface area contributed by atoms with Gasteiger partial charge in [0.05, 0.1) is 6.21 Å². The molecule has 27 heavy (non-hydrogen) atoms. The third kappa shape index (κ3) is 4.32. The van der Waals surface area contributed by atoms with Gasteiger partial charge in [-0.25, -0.2) is 5.43 Å². The van der Waals surface area contributed by atoms with E-state index in [2.05, 4.69) is 16.4 Å². The predicted molar refractivity (Wildman–Crippen MR) is 105 cm³/mol. The minimum atomic E-state index is -1.30. The maximum absolute atomic E-state index is 12.1. The summed E-state index contributed by atoms with van der Waals surface area (Å²) in [6.07, 6.45) is 5.47. The molecule has 3 aromatic carbocycles. The molecule has 0 fully saturated rings.